The molecule has 0 aliphatic rings. The van der Waals surface area contributed by atoms with Crippen LogP contribution < -0.4 is 5.32 Å². The van der Waals surface area contributed by atoms with E-state index in [1.54, 1.807) is 18.5 Å². The molecule has 0 aliphatic heterocycles. The molecular weight excluding hydrogens is 326 g/mol. The number of carbonyl (C=O) groups is 1. The van der Waals surface area contributed by atoms with Gasteiger partial charge in [-0.1, -0.05) is 37.6 Å². The van der Waals surface area contributed by atoms with Crippen LogP contribution in [0.2, 0.25) is 0 Å². The van der Waals surface area contributed by atoms with E-state index in [-0.39, 0.29) is 17.2 Å². The lowest BCUT2D eigenvalue weighted by atomic mass is 9.95. The number of carbonyl (C=O) groups excluding carboxylic acids is 1. The van der Waals surface area contributed by atoms with Crippen molar-refractivity contribution in [1.29, 1.82) is 0 Å². The highest BCUT2D eigenvalue weighted by atomic mass is 16.3. The molecule has 0 unspecified atom stereocenters. The molecule has 26 heavy (non-hydrogen) atoms. The minimum Gasteiger partial charge on any atom is -0.507 e. The van der Waals surface area contributed by atoms with Gasteiger partial charge in [0.1, 0.15) is 5.75 Å². The normalized spacial score (nSPS) is 10.5. The van der Waals surface area contributed by atoms with Gasteiger partial charge in [-0.05, 0) is 30.7 Å². The molecule has 5 heteroatoms. The number of pyridine rings is 2. The van der Waals surface area contributed by atoms with E-state index in [0.717, 1.165) is 18.4 Å². The Morgan fingerprint density at radius 2 is 1.81 bits per heavy atom. The van der Waals surface area contributed by atoms with Gasteiger partial charge in [0.2, 0.25) is 0 Å². The first-order chi connectivity index (χ1) is 12.7. The smallest absolute Gasteiger partial charge is 0.255 e. The second kappa shape index (κ2) is 8.25. The summed E-state index contributed by atoms with van der Waals surface area (Å²) in [6, 6.07) is 14.4. The molecule has 0 bridgehead atoms. The molecule has 0 fully saturated rings. The molecule has 2 N–H and O–H groups in total. The lowest BCUT2D eigenvalue weighted by Gasteiger charge is -2.14. The first-order valence-corrected chi connectivity index (χ1v) is 8.69. The highest BCUT2D eigenvalue weighted by molar-refractivity contribution is 6.04. The van der Waals surface area contributed by atoms with Crippen molar-refractivity contribution in [2.45, 2.75) is 19.8 Å². The largest absolute Gasteiger partial charge is 0.507 e. The number of benzene rings is 1. The molecule has 0 spiro atoms. The first kappa shape index (κ1) is 17.6. The van der Waals surface area contributed by atoms with Crippen molar-refractivity contribution in [3.63, 3.8) is 0 Å². The summed E-state index contributed by atoms with van der Waals surface area (Å²) < 4.78 is 0. The number of phenolic OH excluding ortho intramolecular Hbond substituents is 1. The van der Waals surface area contributed by atoms with Gasteiger partial charge in [0.15, 0.2) is 0 Å². The zero-order chi connectivity index (χ0) is 18.4. The zero-order valence-corrected chi connectivity index (χ0v) is 14.6. The molecule has 2 aromatic heterocycles. The summed E-state index contributed by atoms with van der Waals surface area (Å²) in [4.78, 5) is 21.5. The van der Waals surface area contributed by atoms with E-state index in [2.05, 4.69) is 22.2 Å². The van der Waals surface area contributed by atoms with Gasteiger partial charge in [-0.3, -0.25) is 14.8 Å². The molecule has 132 valence electrons. The number of amides is 1. The van der Waals surface area contributed by atoms with Gasteiger partial charge in [-0.2, -0.15) is 0 Å². The molecule has 0 radical (unpaired) electrons. The summed E-state index contributed by atoms with van der Waals surface area (Å²) in [7, 11) is 0. The standard InChI is InChI=1S/C21H21N3O2/c1-2-3-12-24-21(26)19-15(8-6-11-18(19)25)16-9-7-14-23-20(16)17-10-4-5-13-22-17/h4-11,13-14,25H,2-3,12H2,1H3,(H,24,26). The van der Waals surface area contributed by atoms with Crippen molar-refractivity contribution >= 4 is 5.91 Å². The van der Waals surface area contributed by atoms with Crippen molar-refractivity contribution in [2.75, 3.05) is 6.54 Å². The topological polar surface area (TPSA) is 75.1 Å². The number of aromatic hydroxyl groups is 1. The first-order valence-electron chi connectivity index (χ1n) is 8.69. The van der Waals surface area contributed by atoms with E-state index >= 15 is 0 Å². The fraction of sp³-hybridized carbons (Fsp3) is 0.190. The van der Waals surface area contributed by atoms with Crippen LogP contribution in [0.5, 0.6) is 5.75 Å². The summed E-state index contributed by atoms with van der Waals surface area (Å²) in [5, 5.41) is 13.2. The molecule has 0 aliphatic carbocycles. The van der Waals surface area contributed by atoms with Crippen molar-refractivity contribution in [3.8, 4) is 28.3 Å². The molecule has 0 saturated heterocycles. The molecule has 1 aromatic carbocycles. The zero-order valence-electron chi connectivity index (χ0n) is 14.6. The van der Waals surface area contributed by atoms with Crippen LogP contribution in [0.15, 0.2) is 60.9 Å². The maximum atomic E-state index is 12.7. The van der Waals surface area contributed by atoms with Gasteiger partial charge in [-0.25, -0.2) is 0 Å². The van der Waals surface area contributed by atoms with Crippen LogP contribution >= 0.6 is 0 Å². The highest BCUT2D eigenvalue weighted by Crippen LogP contribution is 2.34. The monoisotopic (exact) mass is 347 g/mol. The van der Waals surface area contributed by atoms with Crippen LogP contribution in [0.1, 0.15) is 30.1 Å². The number of nitrogens with zero attached hydrogens (tertiary/aromatic N) is 2. The molecule has 0 atom stereocenters. The fourth-order valence-electron chi connectivity index (χ4n) is 2.80. The lowest BCUT2D eigenvalue weighted by Crippen LogP contribution is -2.25. The summed E-state index contributed by atoms with van der Waals surface area (Å²) in [6.07, 6.45) is 5.27. The van der Waals surface area contributed by atoms with Crippen LogP contribution in [0.3, 0.4) is 0 Å². The maximum Gasteiger partial charge on any atom is 0.255 e. The SMILES string of the molecule is CCCCNC(=O)c1c(O)cccc1-c1cccnc1-c1ccccn1. The van der Waals surface area contributed by atoms with E-state index in [1.165, 1.54) is 6.07 Å². The minimum atomic E-state index is -0.289. The van der Waals surface area contributed by atoms with Gasteiger partial charge in [0, 0.05) is 30.1 Å². The molecule has 1 amide bonds. The number of rotatable bonds is 6. The number of nitrogens with one attached hydrogen (secondary N) is 1. The summed E-state index contributed by atoms with van der Waals surface area (Å²) in [5.74, 6) is -0.338. The van der Waals surface area contributed by atoms with Gasteiger partial charge in [0.05, 0.1) is 17.0 Å². The number of phenols is 1. The predicted molar refractivity (Wildman–Crippen MR) is 102 cm³/mol. The van der Waals surface area contributed by atoms with Crippen molar-refractivity contribution in [2.24, 2.45) is 0 Å². The van der Waals surface area contributed by atoms with Crippen molar-refractivity contribution in [3.05, 3.63) is 66.5 Å². The second-order valence-corrected chi connectivity index (χ2v) is 5.92. The van der Waals surface area contributed by atoms with Gasteiger partial charge in [-0.15, -0.1) is 0 Å². The third kappa shape index (κ3) is 3.72. The van der Waals surface area contributed by atoms with Crippen molar-refractivity contribution in [1.82, 2.24) is 15.3 Å². The van der Waals surface area contributed by atoms with Crippen LogP contribution in [-0.2, 0) is 0 Å². The maximum absolute atomic E-state index is 12.7. The van der Waals surface area contributed by atoms with E-state index in [4.69, 9.17) is 0 Å². The Labute approximate surface area is 152 Å². The Morgan fingerprint density at radius 3 is 2.58 bits per heavy atom. The van der Waals surface area contributed by atoms with E-state index < -0.39 is 0 Å². The number of unbranched alkanes of at least 4 members (excludes halogenated alkanes) is 1. The van der Waals surface area contributed by atoms with Gasteiger partial charge >= 0.3 is 0 Å². The lowest BCUT2D eigenvalue weighted by molar-refractivity contribution is 0.0951. The molecule has 3 aromatic rings. The predicted octanol–water partition coefficient (Wildman–Crippen LogP) is 4.05. The fourth-order valence-corrected chi connectivity index (χ4v) is 2.80. The van der Waals surface area contributed by atoms with Gasteiger partial charge in [0.25, 0.3) is 5.91 Å². The van der Waals surface area contributed by atoms with Crippen LogP contribution in [0, 0.1) is 0 Å². The highest BCUT2D eigenvalue weighted by Gasteiger charge is 2.20. The molecule has 3 rings (SSSR count). The van der Waals surface area contributed by atoms with Gasteiger partial charge < -0.3 is 10.4 Å². The molecule has 5 nitrogen and oxygen atoms in total. The number of aromatic nitrogens is 2. The van der Waals surface area contributed by atoms with Crippen LogP contribution in [0.25, 0.3) is 22.5 Å². The Hall–Kier alpha value is -3.21. The Balaban J connectivity index is 2.09. The summed E-state index contributed by atoms with van der Waals surface area (Å²) >= 11 is 0. The average molecular weight is 347 g/mol. The Kier molecular flexibility index (Phi) is 5.59. The van der Waals surface area contributed by atoms with Crippen molar-refractivity contribution < 1.29 is 9.90 Å². The molecule has 2 heterocycles. The minimum absolute atomic E-state index is 0.0488. The number of hydrogen-bond acceptors (Lipinski definition) is 4. The third-order valence-electron chi connectivity index (χ3n) is 4.09. The number of hydrogen-bond donors (Lipinski definition) is 2. The van der Waals surface area contributed by atoms with Crippen LogP contribution in [0.4, 0.5) is 0 Å². The molecule has 0 saturated carbocycles. The van der Waals surface area contributed by atoms with E-state index in [1.807, 2.05) is 36.4 Å². The van der Waals surface area contributed by atoms with E-state index in [9.17, 15) is 9.90 Å². The average Bonchev–Trinajstić information content (AvgIpc) is 2.68. The van der Waals surface area contributed by atoms with Crippen LogP contribution in [-0.4, -0.2) is 27.5 Å². The summed E-state index contributed by atoms with van der Waals surface area (Å²) in [6.45, 7) is 2.63. The third-order valence-corrected chi connectivity index (χ3v) is 4.09. The Bertz CT molecular complexity index is 895. The quantitative estimate of drug-likeness (QED) is 0.660. The Morgan fingerprint density at radius 1 is 1.00 bits per heavy atom. The second-order valence-electron chi connectivity index (χ2n) is 5.92. The summed E-state index contributed by atoms with van der Waals surface area (Å²) in [5.41, 5.74) is 3.02. The molecular formula is C21H21N3O2. The van der Waals surface area contributed by atoms with E-state index in [0.29, 0.717) is 23.5 Å².